The van der Waals surface area contributed by atoms with Crippen molar-refractivity contribution in [2.24, 2.45) is 0 Å². The highest BCUT2D eigenvalue weighted by molar-refractivity contribution is 8.01. The van der Waals surface area contributed by atoms with Crippen LogP contribution in [0.3, 0.4) is 0 Å². The van der Waals surface area contributed by atoms with Crippen molar-refractivity contribution in [2.75, 3.05) is 13.1 Å². The van der Waals surface area contributed by atoms with E-state index < -0.39 is 10.8 Å². The predicted molar refractivity (Wildman–Crippen MR) is 163 cm³/mol. The van der Waals surface area contributed by atoms with E-state index in [0.29, 0.717) is 29.4 Å². The lowest BCUT2D eigenvalue weighted by molar-refractivity contribution is -0.140. The highest BCUT2D eigenvalue weighted by atomic mass is 35.5. The molecule has 210 valence electrons. The number of rotatable bonds is 6. The van der Waals surface area contributed by atoms with Gasteiger partial charge in [0, 0.05) is 50.6 Å². The summed E-state index contributed by atoms with van der Waals surface area (Å²) >= 11 is 13.9. The van der Waals surface area contributed by atoms with Gasteiger partial charge >= 0.3 is 0 Å². The van der Waals surface area contributed by atoms with Crippen LogP contribution in [-0.2, 0) is 14.4 Å². The zero-order valence-corrected chi connectivity index (χ0v) is 24.8. The summed E-state index contributed by atoms with van der Waals surface area (Å²) in [5, 5.41) is 2.09. The first kappa shape index (κ1) is 27.9. The largest absolute Gasteiger partial charge is 0.361 e. The van der Waals surface area contributed by atoms with E-state index in [0.717, 1.165) is 26.9 Å². The van der Waals surface area contributed by atoms with E-state index in [4.69, 9.17) is 23.2 Å². The Hall–Kier alpha value is -3.26. The normalized spacial score (nSPS) is 22.0. The number of carbonyl (C=O) groups excluding carboxylic acids is 3. The molecular weight excluding hydrogens is 577 g/mol. The second kappa shape index (κ2) is 11.2. The topological polar surface area (TPSA) is 73.5 Å². The Morgan fingerprint density at radius 3 is 2.49 bits per heavy atom. The van der Waals surface area contributed by atoms with Gasteiger partial charge in [-0.2, -0.15) is 0 Å². The molecule has 6 nitrogen and oxygen atoms in total. The summed E-state index contributed by atoms with van der Waals surface area (Å²) in [6.07, 6.45) is 2.97. The third kappa shape index (κ3) is 5.16. The lowest BCUT2D eigenvalue weighted by Gasteiger charge is -2.41. The number of H-pyrrole nitrogens is 1. The van der Waals surface area contributed by atoms with Crippen LogP contribution < -0.4 is 0 Å². The van der Waals surface area contributed by atoms with Gasteiger partial charge in [-0.1, -0.05) is 59.6 Å². The average molecular weight is 607 g/mol. The fraction of sp³-hybridized carbons (Fsp3) is 0.281. The Bertz CT molecular complexity index is 1620. The maximum atomic E-state index is 14.8. The summed E-state index contributed by atoms with van der Waals surface area (Å²) in [7, 11) is 0. The van der Waals surface area contributed by atoms with Crippen LogP contribution in [0.5, 0.6) is 0 Å². The molecule has 4 aromatic rings. The number of nitrogens with zero attached hydrogens (tertiary/aromatic N) is 2. The van der Waals surface area contributed by atoms with Crippen LogP contribution in [0.4, 0.5) is 0 Å². The van der Waals surface area contributed by atoms with E-state index in [1.807, 2.05) is 90.8 Å². The van der Waals surface area contributed by atoms with Gasteiger partial charge in [0.25, 0.3) is 0 Å². The number of ketones is 1. The number of halogens is 2. The first-order valence-corrected chi connectivity index (χ1v) is 15.2. The Morgan fingerprint density at radius 2 is 1.76 bits per heavy atom. The van der Waals surface area contributed by atoms with Crippen molar-refractivity contribution in [3.63, 3.8) is 0 Å². The van der Waals surface area contributed by atoms with E-state index in [9.17, 15) is 14.4 Å². The number of thioether (sulfide) groups is 1. The minimum Gasteiger partial charge on any atom is -0.361 e. The molecule has 0 saturated carbocycles. The number of nitrogens with one attached hydrogen (secondary N) is 1. The highest BCUT2D eigenvalue weighted by Crippen LogP contribution is 2.56. The minimum atomic E-state index is -1.22. The number of hydrogen-bond acceptors (Lipinski definition) is 4. The van der Waals surface area contributed by atoms with Gasteiger partial charge in [0.15, 0.2) is 5.78 Å². The summed E-state index contributed by atoms with van der Waals surface area (Å²) in [6.45, 7) is 2.53. The molecule has 3 heterocycles. The smallest absolute Gasteiger partial charge is 0.242 e. The number of hydrogen-bond donors (Lipinski definition) is 1. The van der Waals surface area contributed by atoms with Gasteiger partial charge in [0.1, 0.15) is 4.75 Å². The number of aromatic amines is 1. The number of aromatic nitrogens is 1. The van der Waals surface area contributed by atoms with Crippen molar-refractivity contribution in [3.8, 4) is 0 Å². The Kier molecular flexibility index (Phi) is 7.62. The quantitative estimate of drug-likeness (QED) is 0.251. The molecule has 2 aliphatic rings. The number of likely N-dealkylation sites (tertiary alicyclic amines) is 2. The molecule has 3 aromatic carbocycles. The molecule has 3 atom stereocenters. The SMILES string of the molecule is C[C@@H](c1ccc(Cl)cc1)N1C(=O)C[C@](Sc2ccccc2)(C(=O)N2CCCC(=O)C2)[C@@H]1c1c[nH]c2cc(Cl)ccc12. The fourth-order valence-electron chi connectivity index (χ4n) is 6.18. The summed E-state index contributed by atoms with van der Waals surface area (Å²) in [4.78, 5) is 49.2. The monoisotopic (exact) mass is 605 g/mol. The molecule has 1 N–H and O–H groups in total. The van der Waals surface area contributed by atoms with Crippen LogP contribution in [0.1, 0.15) is 49.4 Å². The van der Waals surface area contributed by atoms with Gasteiger partial charge in [0.05, 0.1) is 25.0 Å². The molecule has 2 saturated heterocycles. The number of Topliss-reactive ketones (excluding diaryl/α,β-unsaturated/α-hetero) is 1. The highest BCUT2D eigenvalue weighted by Gasteiger charge is 2.61. The molecule has 41 heavy (non-hydrogen) atoms. The molecule has 2 amide bonds. The first-order chi connectivity index (χ1) is 19.8. The van der Waals surface area contributed by atoms with Crippen molar-refractivity contribution in [2.45, 2.75) is 47.9 Å². The average Bonchev–Trinajstić information content (AvgIpc) is 3.50. The molecule has 0 radical (unpaired) electrons. The predicted octanol–water partition coefficient (Wildman–Crippen LogP) is 7.23. The maximum absolute atomic E-state index is 14.8. The van der Waals surface area contributed by atoms with Gasteiger partial charge in [0.2, 0.25) is 11.8 Å². The van der Waals surface area contributed by atoms with E-state index >= 15 is 0 Å². The van der Waals surface area contributed by atoms with E-state index in [1.165, 1.54) is 11.8 Å². The summed E-state index contributed by atoms with van der Waals surface area (Å²) < 4.78 is -1.22. The van der Waals surface area contributed by atoms with E-state index in [2.05, 4.69) is 4.98 Å². The van der Waals surface area contributed by atoms with E-state index in [-0.39, 0.29) is 36.6 Å². The van der Waals surface area contributed by atoms with Crippen LogP contribution in [-0.4, -0.2) is 50.2 Å². The Labute approximate surface area is 253 Å². The lowest BCUT2D eigenvalue weighted by Crippen LogP contribution is -2.53. The summed E-state index contributed by atoms with van der Waals surface area (Å²) in [5.74, 6) is -0.272. The standard InChI is InChI=1S/C32H29Cl2N3O3S/c1-20(21-9-11-22(33)12-10-21)37-29(39)17-32(41-25-7-3-2-4-8-25,31(40)36-15-5-6-24(38)19-36)30(37)27-18-35-28-16-23(34)13-14-26(27)28/h2-4,7-14,16,18,20,30,35H,5-6,15,17,19H2,1H3/t20-,30-,32+/m0/s1. The van der Waals surface area contributed by atoms with E-state index in [1.54, 1.807) is 4.90 Å². The Balaban J connectivity index is 1.56. The molecular formula is C32H29Cl2N3O3S. The zero-order chi connectivity index (χ0) is 28.7. The van der Waals surface area contributed by atoms with Crippen LogP contribution in [0.25, 0.3) is 10.9 Å². The molecule has 6 rings (SSSR count). The van der Waals surface area contributed by atoms with Gasteiger partial charge in [-0.25, -0.2) is 0 Å². The van der Waals surface area contributed by atoms with Crippen molar-refractivity contribution in [3.05, 3.63) is 100 Å². The van der Waals surface area contributed by atoms with Crippen molar-refractivity contribution >= 4 is 63.5 Å². The third-order valence-electron chi connectivity index (χ3n) is 8.11. The van der Waals surface area contributed by atoms with Crippen LogP contribution in [0, 0.1) is 0 Å². The molecule has 2 fully saturated rings. The number of fused-ring (bicyclic) bond motifs is 1. The molecule has 2 aliphatic heterocycles. The van der Waals surface area contributed by atoms with Crippen LogP contribution in [0.2, 0.25) is 10.0 Å². The molecule has 1 aromatic heterocycles. The number of piperidine rings is 1. The lowest BCUT2D eigenvalue weighted by atomic mass is 9.89. The summed E-state index contributed by atoms with van der Waals surface area (Å²) in [6, 6.07) is 21.8. The molecule has 9 heteroatoms. The Morgan fingerprint density at radius 1 is 1.02 bits per heavy atom. The number of benzene rings is 3. The van der Waals surface area contributed by atoms with Crippen molar-refractivity contribution in [1.29, 1.82) is 0 Å². The van der Waals surface area contributed by atoms with Crippen LogP contribution >= 0.6 is 35.0 Å². The molecule has 0 spiro atoms. The minimum absolute atomic E-state index is 0.00105. The summed E-state index contributed by atoms with van der Waals surface area (Å²) in [5.41, 5.74) is 2.57. The second-order valence-corrected chi connectivity index (χ2v) is 13.0. The van der Waals surface area contributed by atoms with Crippen molar-refractivity contribution < 1.29 is 14.4 Å². The van der Waals surface area contributed by atoms with Gasteiger partial charge in [-0.3, -0.25) is 14.4 Å². The molecule has 0 bridgehead atoms. The van der Waals surface area contributed by atoms with Gasteiger partial charge in [-0.05, 0) is 55.3 Å². The van der Waals surface area contributed by atoms with Gasteiger partial charge in [-0.15, -0.1) is 11.8 Å². The van der Waals surface area contributed by atoms with Crippen molar-refractivity contribution in [1.82, 2.24) is 14.8 Å². The zero-order valence-electron chi connectivity index (χ0n) is 22.5. The van der Waals surface area contributed by atoms with Crippen LogP contribution in [0.15, 0.2) is 83.9 Å². The fourth-order valence-corrected chi connectivity index (χ4v) is 7.95. The van der Waals surface area contributed by atoms with Gasteiger partial charge < -0.3 is 14.8 Å². The number of carbonyl (C=O) groups is 3. The first-order valence-electron chi connectivity index (χ1n) is 13.6. The third-order valence-corrected chi connectivity index (χ3v) is 10.0. The maximum Gasteiger partial charge on any atom is 0.242 e. The molecule has 0 aliphatic carbocycles. The molecule has 0 unspecified atom stereocenters. The second-order valence-electron chi connectivity index (χ2n) is 10.7. The number of amides is 2.